The van der Waals surface area contributed by atoms with Crippen LogP contribution in [0.15, 0.2) is 12.7 Å². The minimum Gasteiger partial charge on any atom is -0.463 e. The summed E-state index contributed by atoms with van der Waals surface area (Å²) in [5.74, 6) is -3.49. The molecule has 1 rings (SSSR count). The molecule has 12 nitrogen and oxygen atoms in total. The van der Waals surface area contributed by atoms with Crippen molar-refractivity contribution in [3.63, 3.8) is 0 Å². The van der Waals surface area contributed by atoms with E-state index in [0.717, 1.165) is 27.7 Å². The summed E-state index contributed by atoms with van der Waals surface area (Å²) in [7, 11) is 0. The highest BCUT2D eigenvalue weighted by atomic mass is 16.7. The quantitative estimate of drug-likeness (QED) is 0.249. The van der Waals surface area contributed by atoms with Crippen LogP contribution in [0.3, 0.4) is 0 Å². The maximum Gasteiger partial charge on any atom is 0.303 e. The first-order chi connectivity index (χ1) is 14.9. The smallest absolute Gasteiger partial charge is 0.303 e. The van der Waals surface area contributed by atoms with Crippen LogP contribution in [0.2, 0.25) is 0 Å². The zero-order chi connectivity index (χ0) is 24.4. The van der Waals surface area contributed by atoms with Crippen LogP contribution in [0.4, 0.5) is 0 Å². The summed E-state index contributed by atoms with van der Waals surface area (Å²) in [6, 6.07) is 0. The SMILES string of the molecule is C=CC(CO[C@H]1O[C@H](COC(C)=O)[C@@H](OC(C)=O)[C@H](OC(C)=O)[C@H]1OC(C)=O)OC(C)=O. The summed E-state index contributed by atoms with van der Waals surface area (Å²) in [6.07, 6.45) is -6.06. The second-order valence-electron chi connectivity index (χ2n) is 6.78. The molecule has 1 unspecified atom stereocenters. The number of carbonyl (C=O) groups excluding carboxylic acids is 5. The molecule has 1 heterocycles. The molecule has 0 N–H and O–H groups in total. The normalized spacial score (nSPS) is 25.6. The van der Waals surface area contributed by atoms with Gasteiger partial charge in [-0.05, 0) is 6.08 Å². The van der Waals surface area contributed by atoms with Gasteiger partial charge in [0.25, 0.3) is 0 Å². The molecule has 180 valence electrons. The summed E-state index contributed by atoms with van der Waals surface area (Å²) in [5, 5.41) is 0. The first kappa shape index (κ1) is 27.0. The Balaban J connectivity index is 3.27. The van der Waals surface area contributed by atoms with Crippen LogP contribution in [-0.4, -0.2) is 79.9 Å². The number of esters is 5. The molecular weight excluding hydrogens is 432 g/mol. The van der Waals surface area contributed by atoms with Crippen molar-refractivity contribution in [3.8, 4) is 0 Å². The molecule has 0 saturated carbocycles. The molecule has 1 saturated heterocycles. The monoisotopic (exact) mass is 460 g/mol. The summed E-state index contributed by atoms with van der Waals surface area (Å²) in [6.45, 7) is 8.60. The number of carbonyl (C=O) groups is 5. The van der Waals surface area contributed by atoms with E-state index < -0.39 is 66.7 Å². The molecule has 1 aliphatic rings. The van der Waals surface area contributed by atoms with Crippen LogP contribution in [0.1, 0.15) is 34.6 Å². The number of hydrogen-bond acceptors (Lipinski definition) is 12. The van der Waals surface area contributed by atoms with Gasteiger partial charge < -0.3 is 33.2 Å². The summed E-state index contributed by atoms with van der Waals surface area (Å²) in [4.78, 5) is 57.6. The van der Waals surface area contributed by atoms with E-state index in [9.17, 15) is 24.0 Å². The van der Waals surface area contributed by atoms with Gasteiger partial charge in [0.2, 0.25) is 0 Å². The Kier molecular flexibility index (Phi) is 10.8. The molecule has 12 heteroatoms. The third kappa shape index (κ3) is 9.02. The van der Waals surface area contributed by atoms with Crippen LogP contribution in [0.5, 0.6) is 0 Å². The molecule has 0 spiro atoms. The van der Waals surface area contributed by atoms with E-state index in [1.165, 1.54) is 13.0 Å². The van der Waals surface area contributed by atoms with Gasteiger partial charge in [0.15, 0.2) is 24.6 Å². The zero-order valence-corrected chi connectivity index (χ0v) is 18.6. The standard InChI is InChI=1S/C20H28O12/c1-7-15(28-11(3)22)8-27-20-19(31-14(6)25)18(30-13(5)24)17(29-12(4)23)16(32-20)9-26-10(2)21/h7,15-20H,1,8-9H2,2-6H3/t15?,16-,17-,18+,19-,20+/m1/s1. The van der Waals surface area contributed by atoms with E-state index in [1.54, 1.807) is 0 Å². The minimum absolute atomic E-state index is 0.253. The summed E-state index contributed by atoms with van der Waals surface area (Å²) in [5.41, 5.74) is 0. The molecule has 0 bridgehead atoms. The second kappa shape index (κ2) is 12.8. The van der Waals surface area contributed by atoms with E-state index in [2.05, 4.69) is 6.58 Å². The topological polar surface area (TPSA) is 150 Å². The van der Waals surface area contributed by atoms with Crippen molar-refractivity contribution in [1.29, 1.82) is 0 Å². The lowest BCUT2D eigenvalue weighted by Crippen LogP contribution is -2.63. The molecule has 0 amide bonds. The van der Waals surface area contributed by atoms with Crippen molar-refractivity contribution >= 4 is 29.8 Å². The largest absolute Gasteiger partial charge is 0.463 e. The fourth-order valence-corrected chi connectivity index (χ4v) is 2.88. The number of ether oxygens (including phenoxy) is 7. The van der Waals surface area contributed by atoms with Crippen LogP contribution in [0, 0.1) is 0 Å². The molecular formula is C20H28O12. The minimum atomic E-state index is -1.37. The average molecular weight is 460 g/mol. The van der Waals surface area contributed by atoms with Crippen LogP contribution < -0.4 is 0 Å². The number of rotatable bonds is 10. The van der Waals surface area contributed by atoms with Crippen molar-refractivity contribution < 1.29 is 57.1 Å². The van der Waals surface area contributed by atoms with Crippen molar-refractivity contribution in [2.45, 2.75) is 71.4 Å². The summed E-state index contributed by atoms with van der Waals surface area (Å²) >= 11 is 0. The van der Waals surface area contributed by atoms with Crippen molar-refractivity contribution in [3.05, 3.63) is 12.7 Å². The van der Waals surface area contributed by atoms with Crippen LogP contribution in [0.25, 0.3) is 0 Å². The Morgan fingerprint density at radius 3 is 1.81 bits per heavy atom. The predicted molar refractivity (Wildman–Crippen MR) is 104 cm³/mol. The second-order valence-corrected chi connectivity index (χ2v) is 6.78. The van der Waals surface area contributed by atoms with Gasteiger partial charge in [-0.2, -0.15) is 0 Å². The molecule has 0 aromatic carbocycles. The van der Waals surface area contributed by atoms with Crippen molar-refractivity contribution in [2.24, 2.45) is 0 Å². The Morgan fingerprint density at radius 1 is 0.812 bits per heavy atom. The van der Waals surface area contributed by atoms with Gasteiger partial charge in [-0.3, -0.25) is 24.0 Å². The molecule has 1 aliphatic heterocycles. The lowest BCUT2D eigenvalue weighted by molar-refractivity contribution is -0.310. The van der Waals surface area contributed by atoms with Gasteiger partial charge in [0.1, 0.15) is 18.8 Å². The Morgan fingerprint density at radius 2 is 1.34 bits per heavy atom. The van der Waals surface area contributed by atoms with Gasteiger partial charge in [-0.1, -0.05) is 6.58 Å². The van der Waals surface area contributed by atoms with E-state index in [0.29, 0.717) is 0 Å². The van der Waals surface area contributed by atoms with Crippen molar-refractivity contribution in [1.82, 2.24) is 0 Å². The summed E-state index contributed by atoms with van der Waals surface area (Å²) < 4.78 is 37.1. The highest BCUT2D eigenvalue weighted by molar-refractivity contribution is 5.68. The Labute approximate surface area is 185 Å². The van der Waals surface area contributed by atoms with E-state index in [4.69, 9.17) is 33.2 Å². The van der Waals surface area contributed by atoms with E-state index in [-0.39, 0.29) is 13.2 Å². The highest BCUT2D eigenvalue weighted by Gasteiger charge is 2.52. The van der Waals surface area contributed by atoms with Gasteiger partial charge >= 0.3 is 29.8 Å². The predicted octanol–water partition coefficient (Wildman–Crippen LogP) is 0.204. The van der Waals surface area contributed by atoms with E-state index in [1.807, 2.05) is 0 Å². The zero-order valence-electron chi connectivity index (χ0n) is 18.6. The highest BCUT2D eigenvalue weighted by Crippen LogP contribution is 2.30. The first-order valence-electron chi connectivity index (χ1n) is 9.66. The lowest BCUT2D eigenvalue weighted by Gasteiger charge is -2.44. The molecule has 32 heavy (non-hydrogen) atoms. The fraction of sp³-hybridized carbons (Fsp3) is 0.650. The number of hydrogen-bond donors (Lipinski definition) is 0. The van der Waals surface area contributed by atoms with E-state index >= 15 is 0 Å². The van der Waals surface area contributed by atoms with Crippen molar-refractivity contribution in [2.75, 3.05) is 13.2 Å². The average Bonchev–Trinajstić information content (AvgIpc) is 2.66. The van der Waals surface area contributed by atoms with Gasteiger partial charge in [0, 0.05) is 34.6 Å². The third-order valence-electron chi connectivity index (χ3n) is 3.95. The van der Waals surface area contributed by atoms with Gasteiger partial charge in [-0.25, -0.2) is 0 Å². The molecule has 1 fully saturated rings. The molecule has 0 radical (unpaired) electrons. The van der Waals surface area contributed by atoms with Gasteiger partial charge in [-0.15, -0.1) is 0 Å². The van der Waals surface area contributed by atoms with Gasteiger partial charge in [0.05, 0.1) is 6.61 Å². The lowest BCUT2D eigenvalue weighted by atomic mass is 9.98. The molecule has 0 aliphatic carbocycles. The fourth-order valence-electron chi connectivity index (χ4n) is 2.88. The Bertz CT molecular complexity index is 717. The Hall–Kier alpha value is -2.99. The maximum atomic E-state index is 11.7. The maximum absolute atomic E-state index is 11.7. The molecule has 0 aromatic rings. The first-order valence-corrected chi connectivity index (χ1v) is 9.66. The third-order valence-corrected chi connectivity index (χ3v) is 3.95. The van der Waals surface area contributed by atoms with Crippen LogP contribution in [-0.2, 0) is 57.1 Å². The van der Waals surface area contributed by atoms with Crippen LogP contribution >= 0.6 is 0 Å². The molecule has 6 atom stereocenters. The molecule has 0 aromatic heterocycles.